The number of benzene rings is 3. The molecule has 45 heavy (non-hydrogen) atoms. The molecule has 0 radical (unpaired) electrons. The zero-order chi connectivity index (χ0) is 31.5. The summed E-state index contributed by atoms with van der Waals surface area (Å²) in [5, 5.41) is 4.40. The molecule has 6 nitrogen and oxygen atoms in total. The number of nitrogens with zero attached hydrogens (tertiary/aromatic N) is 1. The van der Waals surface area contributed by atoms with Gasteiger partial charge in [0.2, 0.25) is 5.91 Å². The predicted octanol–water partition coefficient (Wildman–Crippen LogP) is 8.50. The second-order valence-corrected chi connectivity index (χ2v) is 13.1. The monoisotopic (exact) mass is 662 g/mol. The van der Waals surface area contributed by atoms with Crippen molar-refractivity contribution in [2.45, 2.75) is 63.5 Å². The Kier molecular flexibility index (Phi) is 9.64. The Balaban J connectivity index is 1.20. The zero-order valence-corrected chi connectivity index (χ0v) is 26.9. The van der Waals surface area contributed by atoms with E-state index in [1.54, 1.807) is 0 Å². The summed E-state index contributed by atoms with van der Waals surface area (Å²) in [5.74, 6) is 0.0244. The molecule has 1 aliphatic heterocycles. The van der Waals surface area contributed by atoms with Crippen molar-refractivity contribution in [3.05, 3.63) is 126 Å². The fraction of sp³-hybridized carbons (Fsp3) is 0.306. The Labute approximate surface area is 277 Å². The van der Waals surface area contributed by atoms with Gasteiger partial charge in [0.25, 0.3) is 5.91 Å². The van der Waals surface area contributed by atoms with Crippen LogP contribution in [0.25, 0.3) is 11.0 Å². The van der Waals surface area contributed by atoms with Crippen LogP contribution in [0, 0.1) is 0 Å². The number of hydrogen-bond acceptors (Lipinski definition) is 4. The van der Waals surface area contributed by atoms with Gasteiger partial charge in [-0.15, -0.1) is 0 Å². The molecule has 1 aromatic heterocycles. The van der Waals surface area contributed by atoms with E-state index in [-0.39, 0.29) is 33.7 Å². The number of halogens is 3. The fourth-order valence-electron chi connectivity index (χ4n) is 6.46. The van der Waals surface area contributed by atoms with Gasteiger partial charge in [0.15, 0.2) is 16.8 Å². The smallest absolute Gasteiger partial charge is 0.287 e. The van der Waals surface area contributed by atoms with Gasteiger partial charge < -0.3 is 14.6 Å². The molecule has 1 atom stereocenters. The predicted molar refractivity (Wildman–Crippen MR) is 179 cm³/mol. The minimum atomic E-state index is -0.505. The lowest BCUT2D eigenvalue weighted by atomic mass is 9.79. The Bertz CT molecular complexity index is 1820. The first-order chi connectivity index (χ1) is 21.7. The van der Waals surface area contributed by atoms with Crippen molar-refractivity contribution in [2.24, 2.45) is 0 Å². The van der Waals surface area contributed by atoms with Gasteiger partial charge in [-0.2, -0.15) is 0 Å². The van der Waals surface area contributed by atoms with Crippen LogP contribution < -0.4 is 10.7 Å². The number of nitrogens with one attached hydrogen (secondary N) is 1. The average Bonchev–Trinajstić information content (AvgIpc) is 3.43. The van der Waals surface area contributed by atoms with Gasteiger partial charge in [-0.25, -0.2) is 0 Å². The Morgan fingerprint density at radius 2 is 1.71 bits per heavy atom. The van der Waals surface area contributed by atoms with E-state index in [0.717, 1.165) is 44.2 Å². The highest BCUT2D eigenvalue weighted by Gasteiger charge is 2.25. The lowest BCUT2D eigenvalue weighted by molar-refractivity contribution is -0.128. The molecular formula is C36H33Cl3N2O4. The van der Waals surface area contributed by atoms with Crippen molar-refractivity contribution in [1.29, 1.82) is 0 Å². The van der Waals surface area contributed by atoms with Gasteiger partial charge in [0, 0.05) is 35.6 Å². The molecule has 4 aromatic rings. The van der Waals surface area contributed by atoms with Crippen LogP contribution in [0.2, 0.25) is 15.1 Å². The maximum absolute atomic E-state index is 13.5. The molecule has 1 unspecified atom stereocenters. The summed E-state index contributed by atoms with van der Waals surface area (Å²) in [7, 11) is 0. The molecule has 6 rings (SSSR count). The molecule has 1 N–H and O–H groups in total. The lowest BCUT2D eigenvalue weighted by Crippen LogP contribution is -2.36. The van der Waals surface area contributed by atoms with E-state index in [1.807, 2.05) is 29.2 Å². The largest absolute Gasteiger partial charge is 0.449 e. The number of allylic oxidation sites excluding steroid dienone is 1. The van der Waals surface area contributed by atoms with E-state index in [2.05, 4.69) is 35.7 Å². The molecule has 1 aliphatic carbocycles. The molecule has 9 heteroatoms. The highest BCUT2D eigenvalue weighted by molar-refractivity contribution is 6.38. The number of carbonyl (C=O) groups excluding carboxylic acids is 2. The van der Waals surface area contributed by atoms with Crippen molar-refractivity contribution >= 4 is 57.6 Å². The molecule has 232 valence electrons. The topological polar surface area (TPSA) is 79.6 Å². The van der Waals surface area contributed by atoms with E-state index >= 15 is 0 Å². The van der Waals surface area contributed by atoms with Crippen LogP contribution in [0.4, 0.5) is 0 Å². The van der Waals surface area contributed by atoms with Crippen LogP contribution in [0.1, 0.15) is 71.7 Å². The first-order valence-corrected chi connectivity index (χ1v) is 16.4. The molecule has 2 aliphatic rings. The minimum Gasteiger partial charge on any atom is -0.449 e. The highest BCUT2D eigenvalue weighted by atomic mass is 35.5. The molecule has 0 bridgehead atoms. The van der Waals surface area contributed by atoms with Gasteiger partial charge >= 0.3 is 0 Å². The third-order valence-corrected chi connectivity index (χ3v) is 9.50. The second kappa shape index (κ2) is 13.8. The van der Waals surface area contributed by atoms with Crippen LogP contribution in [-0.2, 0) is 17.8 Å². The molecule has 2 fully saturated rings. The number of amides is 2. The molecule has 3 aromatic carbocycles. The quantitative estimate of drug-likeness (QED) is 0.192. The number of likely N-dealkylation sites (tertiary alicyclic amines) is 1. The van der Waals surface area contributed by atoms with Gasteiger partial charge in [0.1, 0.15) is 0 Å². The van der Waals surface area contributed by atoms with Crippen molar-refractivity contribution < 1.29 is 14.0 Å². The van der Waals surface area contributed by atoms with Crippen molar-refractivity contribution in [1.82, 2.24) is 10.2 Å². The van der Waals surface area contributed by atoms with Crippen molar-refractivity contribution in [3.8, 4) is 0 Å². The summed E-state index contributed by atoms with van der Waals surface area (Å²) in [4.78, 5) is 40.5. The van der Waals surface area contributed by atoms with Crippen LogP contribution in [0.15, 0.2) is 87.6 Å². The molecule has 2 heterocycles. The fourth-order valence-corrected chi connectivity index (χ4v) is 7.12. The van der Waals surface area contributed by atoms with Gasteiger partial charge in [-0.1, -0.05) is 82.9 Å². The van der Waals surface area contributed by atoms with Crippen LogP contribution >= 0.6 is 34.8 Å². The van der Waals surface area contributed by atoms with Crippen LogP contribution in [0.5, 0.6) is 0 Å². The van der Waals surface area contributed by atoms with E-state index in [0.29, 0.717) is 35.3 Å². The molecule has 0 spiro atoms. The number of rotatable bonds is 8. The number of carbonyl (C=O) groups is 2. The standard InChI is InChI=1S/C36H33Cl3N2O4/c37-26-13-9-23(10-14-26)17-28(40-36(44)33-20-32(42)30-18-27(38)19-31(39)35(30)45-33)16-22-7-11-24(12-8-22)29-5-2-1-4-25(29)21-41-15-3-6-34(41)43/h1-2,4-5,9-10,13-14,16,18-20,24,28H,3,6-8,11-12,15,17,21H2,(H,40,44). The Hall–Kier alpha value is -3.58. The average molecular weight is 664 g/mol. The summed E-state index contributed by atoms with van der Waals surface area (Å²) < 4.78 is 5.81. The Morgan fingerprint density at radius 1 is 0.956 bits per heavy atom. The summed E-state index contributed by atoms with van der Waals surface area (Å²) in [6.07, 6.45) is 8.02. The molecule has 1 saturated carbocycles. The molecule has 2 amide bonds. The van der Waals surface area contributed by atoms with E-state index < -0.39 is 11.3 Å². The van der Waals surface area contributed by atoms with Crippen LogP contribution in [-0.4, -0.2) is 29.3 Å². The maximum Gasteiger partial charge on any atom is 0.287 e. The van der Waals surface area contributed by atoms with E-state index in [4.69, 9.17) is 39.2 Å². The van der Waals surface area contributed by atoms with Gasteiger partial charge in [-0.3, -0.25) is 14.4 Å². The van der Waals surface area contributed by atoms with Gasteiger partial charge in [-0.05, 0) is 85.4 Å². The zero-order valence-electron chi connectivity index (χ0n) is 24.7. The normalized spacial score (nSPS) is 17.5. The SMILES string of the molecule is O=C(NC(C=C1CCC(c2ccccc2CN2CCCC2=O)CC1)Cc1ccc(Cl)cc1)c1cc(=O)c2cc(Cl)cc(Cl)c2o1. The third kappa shape index (κ3) is 7.46. The van der Waals surface area contributed by atoms with Crippen LogP contribution in [0.3, 0.4) is 0 Å². The number of fused-ring (bicyclic) bond motifs is 1. The molecule has 1 saturated heterocycles. The Morgan fingerprint density at radius 3 is 2.44 bits per heavy atom. The number of hydrogen-bond donors (Lipinski definition) is 1. The molecular weight excluding hydrogens is 631 g/mol. The first-order valence-electron chi connectivity index (χ1n) is 15.3. The second-order valence-electron chi connectivity index (χ2n) is 11.9. The summed E-state index contributed by atoms with van der Waals surface area (Å²) in [6.45, 7) is 1.50. The highest BCUT2D eigenvalue weighted by Crippen LogP contribution is 2.38. The van der Waals surface area contributed by atoms with E-state index in [1.165, 1.54) is 34.9 Å². The summed E-state index contributed by atoms with van der Waals surface area (Å²) >= 11 is 18.5. The lowest BCUT2D eigenvalue weighted by Gasteiger charge is -2.28. The maximum atomic E-state index is 13.5. The van der Waals surface area contributed by atoms with Crippen molar-refractivity contribution in [3.63, 3.8) is 0 Å². The van der Waals surface area contributed by atoms with Crippen molar-refractivity contribution in [2.75, 3.05) is 6.54 Å². The summed E-state index contributed by atoms with van der Waals surface area (Å²) in [6, 6.07) is 19.8. The summed E-state index contributed by atoms with van der Waals surface area (Å²) in [5.41, 5.74) is 4.57. The van der Waals surface area contributed by atoms with Gasteiger partial charge in [0.05, 0.1) is 16.5 Å². The minimum absolute atomic E-state index is 0.118. The van der Waals surface area contributed by atoms with E-state index in [9.17, 15) is 14.4 Å². The first kappa shape index (κ1) is 31.4. The third-order valence-electron chi connectivity index (χ3n) is 8.75.